The van der Waals surface area contributed by atoms with E-state index in [2.05, 4.69) is 26.5 Å². The van der Waals surface area contributed by atoms with Crippen molar-refractivity contribution in [3.05, 3.63) is 36.3 Å². The number of hydrogen-bond acceptors (Lipinski definition) is 5. The molecule has 0 radical (unpaired) electrons. The van der Waals surface area contributed by atoms with Crippen molar-refractivity contribution in [3.63, 3.8) is 0 Å². The summed E-state index contributed by atoms with van der Waals surface area (Å²) in [6.07, 6.45) is 7.87. The molecule has 6 nitrogen and oxygen atoms in total. The molecule has 0 saturated carbocycles. The van der Waals surface area contributed by atoms with Gasteiger partial charge in [-0.15, -0.1) is 0 Å². The van der Waals surface area contributed by atoms with Crippen molar-refractivity contribution in [1.82, 2.24) is 25.0 Å². The molecule has 1 fully saturated rings. The van der Waals surface area contributed by atoms with Gasteiger partial charge in [-0.3, -0.25) is 9.67 Å². The zero-order valence-electron chi connectivity index (χ0n) is 15.2. The molecule has 1 atom stereocenters. The molecule has 0 bridgehead atoms. The molecule has 1 aliphatic heterocycles. The fourth-order valence-corrected chi connectivity index (χ4v) is 3.58. The van der Waals surface area contributed by atoms with E-state index in [4.69, 9.17) is 0 Å². The molecule has 3 heterocycles. The molecule has 6 heteroatoms. The van der Waals surface area contributed by atoms with Crippen LogP contribution in [0.1, 0.15) is 25.3 Å². The van der Waals surface area contributed by atoms with Crippen molar-refractivity contribution < 1.29 is 5.11 Å². The van der Waals surface area contributed by atoms with Crippen molar-refractivity contribution in [2.24, 2.45) is 13.0 Å². The van der Waals surface area contributed by atoms with Gasteiger partial charge in [0.1, 0.15) is 0 Å². The number of aryl methyl sites for hydroxylation is 1. The largest absolute Gasteiger partial charge is 0.392 e. The fraction of sp³-hybridized carbons (Fsp3) is 0.579. The van der Waals surface area contributed by atoms with Crippen molar-refractivity contribution in [2.75, 3.05) is 26.2 Å². The molecule has 3 rings (SSSR count). The third kappa shape index (κ3) is 5.11. The number of pyridine rings is 1. The third-order valence-electron chi connectivity index (χ3n) is 4.84. The summed E-state index contributed by atoms with van der Waals surface area (Å²) < 4.78 is 1.88. The summed E-state index contributed by atoms with van der Waals surface area (Å²) >= 11 is 0. The van der Waals surface area contributed by atoms with E-state index in [0.717, 1.165) is 44.0 Å². The molecule has 2 aromatic heterocycles. The molecule has 136 valence electrons. The first-order chi connectivity index (χ1) is 12.1. The molecule has 0 aromatic carbocycles. The van der Waals surface area contributed by atoms with E-state index in [9.17, 15) is 5.11 Å². The first kappa shape index (κ1) is 18.0. The Balaban J connectivity index is 1.49. The molecule has 2 aromatic rings. The van der Waals surface area contributed by atoms with E-state index in [1.54, 1.807) is 0 Å². The van der Waals surface area contributed by atoms with Crippen LogP contribution in [0.15, 0.2) is 30.7 Å². The van der Waals surface area contributed by atoms with Gasteiger partial charge < -0.3 is 15.3 Å². The zero-order chi connectivity index (χ0) is 17.6. The van der Waals surface area contributed by atoms with Crippen LogP contribution >= 0.6 is 0 Å². The summed E-state index contributed by atoms with van der Waals surface area (Å²) in [6.45, 7) is 6.71. The Labute approximate surface area is 149 Å². The summed E-state index contributed by atoms with van der Waals surface area (Å²) in [4.78, 5) is 6.45. The Morgan fingerprint density at radius 1 is 1.28 bits per heavy atom. The van der Waals surface area contributed by atoms with Crippen LogP contribution in [0.3, 0.4) is 0 Å². The van der Waals surface area contributed by atoms with E-state index in [-0.39, 0.29) is 6.10 Å². The predicted molar refractivity (Wildman–Crippen MR) is 99.0 cm³/mol. The van der Waals surface area contributed by atoms with E-state index in [0.29, 0.717) is 5.92 Å². The molecular weight excluding hydrogens is 314 g/mol. The quantitative estimate of drug-likeness (QED) is 0.800. The second-order valence-corrected chi connectivity index (χ2v) is 7.14. The number of likely N-dealkylation sites (tertiary alicyclic amines) is 1. The monoisotopic (exact) mass is 343 g/mol. The van der Waals surface area contributed by atoms with E-state index >= 15 is 0 Å². The normalized spacial score (nSPS) is 17.7. The molecule has 1 aliphatic rings. The van der Waals surface area contributed by atoms with E-state index < -0.39 is 0 Å². The number of rotatable bonds is 7. The highest BCUT2D eigenvalue weighted by molar-refractivity contribution is 5.61. The van der Waals surface area contributed by atoms with Gasteiger partial charge >= 0.3 is 0 Å². The minimum Gasteiger partial charge on any atom is -0.392 e. The Kier molecular flexibility index (Phi) is 6.18. The topological polar surface area (TPSA) is 66.2 Å². The van der Waals surface area contributed by atoms with Gasteiger partial charge in [-0.05, 0) is 57.5 Å². The lowest BCUT2D eigenvalue weighted by atomic mass is 9.96. The lowest BCUT2D eigenvalue weighted by Crippen LogP contribution is -2.40. The summed E-state index contributed by atoms with van der Waals surface area (Å²) in [5.41, 5.74) is 3.36. The number of hydrogen-bond donors (Lipinski definition) is 2. The van der Waals surface area contributed by atoms with Crippen LogP contribution in [0.5, 0.6) is 0 Å². The molecule has 0 aliphatic carbocycles. The number of nitrogens with one attached hydrogen (secondary N) is 1. The first-order valence-corrected chi connectivity index (χ1v) is 9.16. The first-order valence-electron chi connectivity index (χ1n) is 9.16. The molecular formula is C19H29N5O. The van der Waals surface area contributed by atoms with E-state index in [1.807, 2.05) is 43.2 Å². The van der Waals surface area contributed by atoms with Gasteiger partial charge in [0, 0.05) is 49.9 Å². The number of aromatic nitrogens is 3. The van der Waals surface area contributed by atoms with Crippen LogP contribution in [0, 0.1) is 5.92 Å². The van der Waals surface area contributed by atoms with Crippen molar-refractivity contribution in [2.45, 2.75) is 32.4 Å². The van der Waals surface area contributed by atoms with Gasteiger partial charge in [0.25, 0.3) is 0 Å². The summed E-state index contributed by atoms with van der Waals surface area (Å²) in [6, 6.07) is 4.01. The Bertz CT molecular complexity index is 647. The average molecular weight is 343 g/mol. The Hall–Kier alpha value is -1.76. The summed E-state index contributed by atoms with van der Waals surface area (Å²) in [7, 11) is 1.96. The van der Waals surface area contributed by atoms with Gasteiger partial charge in [-0.1, -0.05) is 0 Å². The van der Waals surface area contributed by atoms with Crippen LogP contribution in [0.2, 0.25) is 0 Å². The third-order valence-corrected chi connectivity index (χ3v) is 4.84. The average Bonchev–Trinajstić information content (AvgIpc) is 2.97. The Morgan fingerprint density at radius 2 is 2.00 bits per heavy atom. The summed E-state index contributed by atoms with van der Waals surface area (Å²) in [5, 5.41) is 17.7. The molecule has 0 amide bonds. The molecule has 25 heavy (non-hydrogen) atoms. The van der Waals surface area contributed by atoms with Crippen molar-refractivity contribution >= 4 is 0 Å². The van der Waals surface area contributed by atoms with Gasteiger partial charge in [-0.25, -0.2) is 0 Å². The molecule has 2 N–H and O–H groups in total. The highest BCUT2D eigenvalue weighted by Crippen LogP contribution is 2.21. The second-order valence-electron chi connectivity index (χ2n) is 7.14. The number of aliphatic hydroxyl groups is 1. The Morgan fingerprint density at radius 3 is 2.68 bits per heavy atom. The smallest absolute Gasteiger partial charge is 0.0969 e. The maximum atomic E-state index is 9.49. The molecule has 1 saturated heterocycles. The maximum Gasteiger partial charge on any atom is 0.0969 e. The molecule has 0 spiro atoms. The number of nitrogens with zero attached hydrogens (tertiary/aromatic N) is 4. The van der Waals surface area contributed by atoms with Gasteiger partial charge in [0.2, 0.25) is 0 Å². The van der Waals surface area contributed by atoms with Gasteiger partial charge in [0.15, 0.2) is 0 Å². The highest BCUT2D eigenvalue weighted by Gasteiger charge is 2.20. The highest BCUT2D eigenvalue weighted by atomic mass is 16.3. The van der Waals surface area contributed by atoms with Crippen LogP contribution in [-0.2, 0) is 13.6 Å². The summed E-state index contributed by atoms with van der Waals surface area (Å²) in [5.74, 6) is 0.714. The standard InChI is InChI=1S/C19H29N5O/c1-15(25)13-24-9-5-16(6-10-24)11-21-12-18-14-23(2)22-19(18)17-3-7-20-8-4-17/h3-4,7-8,14-16,21,25H,5-6,9-13H2,1-2H3/t15-/m1/s1. The van der Waals surface area contributed by atoms with Crippen molar-refractivity contribution in [1.29, 1.82) is 0 Å². The van der Waals surface area contributed by atoms with Crippen LogP contribution in [0.25, 0.3) is 11.3 Å². The number of aliphatic hydroxyl groups excluding tert-OH is 1. The van der Waals surface area contributed by atoms with Gasteiger partial charge in [-0.2, -0.15) is 5.10 Å². The van der Waals surface area contributed by atoms with Crippen LogP contribution in [0.4, 0.5) is 0 Å². The maximum absolute atomic E-state index is 9.49. The molecule has 0 unspecified atom stereocenters. The minimum atomic E-state index is -0.230. The van der Waals surface area contributed by atoms with Crippen LogP contribution in [-0.4, -0.2) is 57.1 Å². The van der Waals surface area contributed by atoms with Gasteiger partial charge in [0.05, 0.1) is 11.8 Å². The van der Waals surface area contributed by atoms with Crippen LogP contribution < -0.4 is 5.32 Å². The second kappa shape index (κ2) is 8.56. The van der Waals surface area contributed by atoms with E-state index in [1.165, 1.54) is 18.4 Å². The minimum absolute atomic E-state index is 0.230. The SMILES string of the molecule is C[C@@H](O)CN1CCC(CNCc2cn(C)nc2-c2ccncc2)CC1. The predicted octanol–water partition coefficient (Wildman–Crippen LogP) is 1.66. The lowest BCUT2D eigenvalue weighted by Gasteiger charge is -2.32. The fourth-order valence-electron chi connectivity index (χ4n) is 3.58. The number of β-amino-alcohol motifs (C(OH)–C–C–N with tert-alkyl or cyclic N) is 1. The van der Waals surface area contributed by atoms with Crippen molar-refractivity contribution in [3.8, 4) is 11.3 Å². The number of piperidine rings is 1. The zero-order valence-corrected chi connectivity index (χ0v) is 15.2. The lowest BCUT2D eigenvalue weighted by molar-refractivity contribution is 0.0998.